The molecule has 0 aromatic carbocycles. The third-order valence-electron chi connectivity index (χ3n) is 6.14. The minimum atomic E-state index is 0.503. The van der Waals surface area contributed by atoms with Crippen molar-refractivity contribution in [2.75, 3.05) is 0 Å². The van der Waals surface area contributed by atoms with Crippen LogP contribution in [0.15, 0.2) is 0 Å². The molecule has 0 spiro atoms. The lowest BCUT2D eigenvalue weighted by molar-refractivity contribution is -0.0423. The zero-order chi connectivity index (χ0) is 15.3. The van der Waals surface area contributed by atoms with Crippen LogP contribution in [0.2, 0.25) is 0 Å². The van der Waals surface area contributed by atoms with Crippen molar-refractivity contribution in [3.05, 3.63) is 0 Å². The summed E-state index contributed by atoms with van der Waals surface area (Å²) in [5, 5.41) is 0. The summed E-state index contributed by atoms with van der Waals surface area (Å²) in [6, 6.07) is 0. The summed E-state index contributed by atoms with van der Waals surface area (Å²) in [6.45, 7) is 19.6. The van der Waals surface area contributed by atoms with E-state index in [0.29, 0.717) is 10.8 Å². The number of hydrogen-bond acceptors (Lipinski definition) is 0. The molecule has 0 radical (unpaired) electrons. The van der Waals surface area contributed by atoms with Gasteiger partial charge in [0.2, 0.25) is 0 Å². The van der Waals surface area contributed by atoms with Gasteiger partial charge < -0.3 is 0 Å². The fourth-order valence-electron chi connectivity index (χ4n) is 5.89. The van der Waals surface area contributed by atoms with Crippen LogP contribution in [0, 0.1) is 46.3 Å². The Bertz CT molecular complexity index is 327. The first-order valence-electron chi connectivity index (χ1n) is 9.03. The molecule has 2 aliphatic rings. The molecule has 20 heavy (non-hydrogen) atoms. The predicted molar refractivity (Wildman–Crippen MR) is 89.7 cm³/mol. The molecule has 2 aliphatic carbocycles. The van der Waals surface area contributed by atoms with Gasteiger partial charge in [-0.25, -0.2) is 0 Å². The monoisotopic (exact) mass is 278 g/mol. The molecule has 2 saturated carbocycles. The standard InChI is InChI=1S/C20H38/c1-9-16-13(2)17-14(11-19(3,4)5)10-15(18(16)17)12-20(6,7)8/h13-18H,9-12H2,1-8H3. The highest BCUT2D eigenvalue weighted by molar-refractivity contribution is 5.06. The SMILES string of the molecule is CCC1C(C)C2C(CC(C)(C)C)CC(CC(C)(C)C)C12. The Balaban J connectivity index is 2.12. The van der Waals surface area contributed by atoms with Crippen molar-refractivity contribution in [2.24, 2.45) is 46.3 Å². The predicted octanol–water partition coefficient (Wildman–Crippen LogP) is 6.40. The largest absolute Gasteiger partial charge is 0.0651 e. The molecule has 0 amide bonds. The molecule has 0 saturated heterocycles. The van der Waals surface area contributed by atoms with Crippen molar-refractivity contribution < 1.29 is 0 Å². The molecule has 0 heterocycles. The number of fused-ring (bicyclic) bond motifs is 1. The lowest BCUT2D eigenvalue weighted by atomic mass is 9.53. The summed E-state index contributed by atoms with van der Waals surface area (Å²) in [4.78, 5) is 0. The molecule has 2 rings (SSSR count). The van der Waals surface area contributed by atoms with Crippen LogP contribution in [0.25, 0.3) is 0 Å². The van der Waals surface area contributed by atoms with E-state index in [1.165, 1.54) is 25.7 Å². The molecule has 0 aliphatic heterocycles. The number of hydrogen-bond donors (Lipinski definition) is 0. The molecule has 0 nitrogen and oxygen atoms in total. The normalized spacial score (nSPS) is 41.4. The van der Waals surface area contributed by atoms with Crippen molar-refractivity contribution in [2.45, 2.75) is 81.1 Å². The van der Waals surface area contributed by atoms with Gasteiger partial charge in [0.25, 0.3) is 0 Å². The lowest BCUT2D eigenvalue weighted by Gasteiger charge is -2.52. The van der Waals surface area contributed by atoms with E-state index in [4.69, 9.17) is 0 Å². The Kier molecular flexibility index (Phi) is 4.36. The van der Waals surface area contributed by atoms with E-state index in [-0.39, 0.29) is 0 Å². The Labute approximate surface area is 128 Å². The summed E-state index contributed by atoms with van der Waals surface area (Å²) in [5.74, 6) is 6.13. The second-order valence-corrected chi connectivity index (χ2v) is 10.4. The van der Waals surface area contributed by atoms with Crippen LogP contribution in [-0.4, -0.2) is 0 Å². The molecule has 0 bridgehead atoms. The molecule has 0 heteroatoms. The molecule has 6 unspecified atom stereocenters. The highest BCUT2D eigenvalue weighted by atomic mass is 14.6. The van der Waals surface area contributed by atoms with Crippen LogP contribution < -0.4 is 0 Å². The van der Waals surface area contributed by atoms with E-state index < -0.39 is 0 Å². The van der Waals surface area contributed by atoms with Crippen LogP contribution in [0.3, 0.4) is 0 Å². The van der Waals surface area contributed by atoms with Gasteiger partial charge in [-0.3, -0.25) is 0 Å². The van der Waals surface area contributed by atoms with Crippen molar-refractivity contribution in [3.8, 4) is 0 Å². The first-order chi connectivity index (χ1) is 9.03. The van der Waals surface area contributed by atoms with Gasteiger partial charge in [-0.1, -0.05) is 61.8 Å². The van der Waals surface area contributed by atoms with Gasteiger partial charge in [-0.05, 0) is 65.6 Å². The summed E-state index contributed by atoms with van der Waals surface area (Å²) in [6.07, 6.45) is 5.81. The first kappa shape index (κ1) is 16.4. The van der Waals surface area contributed by atoms with E-state index in [0.717, 1.165) is 35.5 Å². The smallest absolute Gasteiger partial charge is 0.0321 e. The molecular formula is C20H38. The van der Waals surface area contributed by atoms with Crippen LogP contribution in [0.1, 0.15) is 81.1 Å². The number of rotatable bonds is 3. The highest BCUT2D eigenvalue weighted by Crippen LogP contribution is 2.64. The van der Waals surface area contributed by atoms with Crippen molar-refractivity contribution in [3.63, 3.8) is 0 Å². The molecule has 2 fully saturated rings. The third kappa shape index (κ3) is 3.25. The Morgan fingerprint density at radius 1 is 0.800 bits per heavy atom. The zero-order valence-corrected chi connectivity index (χ0v) is 15.3. The van der Waals surface area contributed by atoms with Crippen LogP contribution in [0.4, 0.5) is 0 Å². The second-order valence-electron chi connectivity index (χ2n) is 10.4. The first-order valence-corrected chi connectivity index (χ1v) is 9.03. The minimum absolute atomic E-state index is 0.503. The minimum Gasteiger partial charge on any atom is -0.0651 e. The molecular weight excluding hydrogens is 240 g/mol. The van der Waals surface area contributed by atoms with Crippen molar-refractivity contribution in [1.29, 1.82) is 0 Å². The van der Waals surface area contributed by atoms with Gasteiger partial charge in [0.15, 0.2) is 0 Å². The van der Waals surface area contributed by atoms with E-state index in [1.807, 2.05) is 0 Å². The van der Waals surface area contributed by atoms with Gasteiger partial charge in [0, 0.05) is 0 Å². The molecule has 6 atom stereocenters. The third-order valence-corrected chi connectivity index (χ3v) is 6.14. The second kappa shape index (κ2) is 5.33. The van der Waals surface area contributed by atoms with Crippen LogP contribution in [0.5, 0.6) is 0 Å². The quantitative estimate of drug-likeness (QED) is 0.560. The van der Waals surface area contributed by atoms with Gasteiger partial charge in [-0.15, -0.1) is 0 Å². The lowest BCUT2D eigenvalue weighted by Crippen LogP contribution is -2.47. The molecule has 118 valence electrons. The summed E-state index contributed by atoms with van der Waals surface area (Å²) >= 11 is 0. The fraction of sp³-hybridized carbons (Fsp3) is 1.00. The van der Waals surface area contributed by atoms with Gasteiger partial charge in [0.1, 0.15) is 0 Å². The zero-order valence-electron chi connectivity index (χ0n) is 15.3. The molecule has 0 N–H and O–H groups in total. The fourth-order valence-corrected chi connectivity index (χ4v) is 5.89. The van der Waals surface area contributed by atoms with E-state index >= 15 is 0 Å². The van der Waals surface area contributed by atoms with Crippen LogP contribution in [-0.2, 0) is 0 Å². The van der Waals surface area contributed by atoms with Crippen LogP contribution >= 0.6 is 0 Å². The van der Waals surface area contributed by atoms with Crippen molar-refractivity contribution >= 4 is 0 Å². The van der Waals surface area contributed by atoms with Gasteiger partial charge in [-0.2, -0.15) is 0 Å². The maximum Gasteiger partial charge on any atom is -0.0321 e. The maximum atomic E-state index is 2.55. The molecule has 0 aromatic rings. The average Bonchev–Trinajstić information content (AvgIpc) is 2.47. The molecule has 0 aromatic heterocycles. The topological polar surface area (TPSA) is 0 Å². The van der Waals surface area contributed by atoms with Crippen molar-refractivity contribution in [1.82, 2.24) is 0 Å². The van der Waals surface area contributed by atoms with E-state index in [1.54, 1.807) is 0 Å². The Morgan fingerprint density at radius 2 is 1.25 bits per heavy atom. The van der Waals surface area contributed by atoms with Gasteiger partial charge in [0.05, 0.1) is 0 Å². The summed E-state index contributed by atoms with van der Waals surface area (Å²) in [5.41, 5.74) is 1.01. The van der Waals surface area contributed by atoms with E-state index in [9.17, 15) is 0 Å². The Hall–Kier alpha value is 0. The summed E-state index contributed by atoms with van der Waals surface area (Å²) in [7, 11) is 0. The highest BCUT2D eigenvalue weighted by Gasteiger charge is 2.58. The average molecular weight is 279 g/mol. The maximum absolute atomic E-state index is 2.55. The van der Waals surface area contributed by atoms with Gasteiger partial charge >= 0.3 is 0 Å². The van der Waals surface area contributed by atoms with E-state index in [2.05, 4.69) is 55.4 Å². The summed E-state index contributed by atoms with van der Waals surface area (Å²) < 4.78 is 0. The Morgan fingerprint density at radius 3 is 1.65 bits per heavy atom.